The smallest absolute Gasteiger partial charge is 0.141 e. The fraction of sp³-hybridized carbons (Fsp3) is 0.0714. The molecule has 1 aromatic carbocycles. The zero-order valence-corrected chi connectivity index (χ0v) is 10.2. The lowest BCUT2D eigenvalue weighted by Gasteiger charge is -2.06. The highest BCUT2D eigenvalue weighted by molar-refractivity contribution is 5.79. The lowest BCUT2D eigenvalue weighted by molar-refractivity contribution is 0.301. The number of benzene rings is 1. The third-order valence-corrected chi connectivity index (χ3v) is 2.69. The molecule has 3 aromatic rings. The maximum absolute atomic E-state index is 5.66. The number of pyridine rings is 1. The van der Waals surface area contributed by atoms with Gasteiger partial charge in [-0.1, -0.05) is 6.07 Å². The van der Waals surface area contributed by atoms with Gasteiger partial charge in [0, 0.05) is 17.6 Å². The molecule has 94 valence electrons. The summed E-state index contributed by atoms with van der Waals surface area (Å²) in [5.41, 5.74) is 7.11. The Labute approximate surface area is 110 Å². The average molecular weight is 252 g/mol. The summed E-state index contributed by atoms with van der Waals surface area (Å²) in [6.45, 7) is 0.353. The first-order chi connectivity index (χ1) is 9.31. The van der Waals surface area contributed by atoms with Gasteiger partial charge in [-0.2, -0.15) is 0 Å². The van der Waals surface area contributed by atoms with Crippen LogP contribution < -0.4 is 10.5 Å². The first kappa shape index (κ1) is 11.4. The molecule has 2 aromatic heterocycles. The molecule has 0 radical (unpaired) electrons. The van der Waals surface area contributed by atoms with Crippen molar-refractivity contribution in [2.24, 2.45) is 0 Å². The zero-order valence-electron chi connectivity index (χ0n) is 10.2. The van der Waals surface area contributed by atoms with Crippen molar-refractivity contribution in [1.29, 1.82) is 0 Å². The van der Waals surface area contributed by atoms with Crippen molar-refractivity contribution < 1.29 is 4.74 Å². The summed E-state index contributed by atoms with van der Waals surface area (Å²) in [4.78, 5) is 12.4. The van der Waals surface area contributed by atoms with Gasteiger partial charge in [0.05, 0.1) is 23.6 Å². The summed E-state index contributed by atoms with van der Waals surface area (Å²) in [6.07, 6.45) is 4.88. The maximum Gasteiger partial charge on any atom is 0.141 e. The number of nitrogens with zero attached hydrogens (tertiary/aromatic N) is 3. The molecule has 0 aliphatic heterocycles. The molecule has 0 saturated carbocycles. The van der Waals surface area contributed by atoms with Crippen LogP contribution in [0.25, 0.3) is 10.9 Å². The topological polar surface area (TPSA) is 73.9 Å². The number of nitrogen functional groups attached to an aromatic ring is 1. The highest BCUT2D eigenvalue weighted by atomic mass is 16.5. The third-order valence-electron chi connectivity index (χ3n) is 2.69. The van der Waals surface area contributed by atoms with Gasteiger partial charge >= 0.3 is 0 Å². The van der Waals surface area contributed by atoms with Crippen LogP contribution in [0.4, 0.5) is 5.82 Å². The number of aromatic nitrogens is 3. The van der Waals surface area contributed by atoms with E-state index in [1.807, 2.05) is 30.3 Å². The molecule has 5 heteroatoms. The maximum atomic E-state index is 5.66. The first-order valence-electron chi connectivity index (χ1n) is 5.85. The molecule has 0 aliphatic rings. The zero-order chi connectivity index (χ0) is 13.1. The predicted octanol–water partition coefficient (Wildman–Crippen LogP) is 2.19. The normalized spacial score (nSPS) is 10.5. The van der Waals surface area contributed by atoms with Crippen molar-refractivity contribution in [3.05, 3.63) is 54.6 Å². The molecule has 0 saturated heterocycles. The van der Waals surface area contributed by atoms with Crippen LogP contribution in [0, 0.1) is 0 Å². The van der Waals surface area contributed by atoms with Crippen molar-refractivity contribution in [2.75, 3.05) is 5.73 Å². The van der Waals surface area contributed by atoms with Gasteiger partial charge in [0.25, 0.3) is 0 Å². The van der Waals surface area contributed by atoms with Crippen molar-refractivity contribution in [2.45, 2.75) is 6.61 Å². The van der Waals surface area contributed by atoms with Gasteiger partial charge in [0.15, 0.2) is 0 Å². The van der Waals surface area contributed by atoms with Crippen molar-refractivity contribution in [3.63, 3.8) is 0 Å². The number of rotatable bonds is 3. The van der Waals surface area contributed by atoms with Gasteiger partial charge in [-0.05, 0) is 18.2 Å². The van der Waals surface area contributed by atoms with Crippen LogP contribution in [0.5, 0.6) is 5.75 Å². The SMILES string of the molecule is Nc1cnc(COc2ccc3cccnc3c2)cn1. The molecule has 19 heavy (non-hydrogen) atoms. The molecule has 5 nitrogen and oxygen atoms in total. The van der Waals surface area contributed by atoms with Crippen molar-refractivity contribution in [1.82, 2.24) is 15.0 Å². The van der Waals surface area contributed by atoms with Gasteiger partial charge in [-0.15, -0.1) is 0 Å². The minimum absolute atomic E-state index is 0.353. The highest BCUT2D eigenvalue weighted by Crippen LogP contribution is 2.19. The number of fused-ring (bicyclic) bond motifs is 1. The highest BCUT2D eigenvalue weighted by Gasteiger charge is 2.00. The van der Waals surface area contributed by atoms with E-state index in [1.165, 1.54) is 6.20 Å². The second kappa shape index (κ2) is 4.89. The molecule has 2 heterocycles. The van der Waals surface area contributed by atoms with Crippen molar-refractivity contribution in [3.8, 4) is 5.75 Å². The number of nitrogens with two attached hydrogens (primary N) is 1. The molecule has 0 atom stereocenters. The Bertz CT molecular complexity index is 697. The van der Waals surface area contributed by atoms with Crippen LogP contribution in [0.2, 0.25) is 0 Å². The second-order valence-corrected chi connectivity index (χ2v) is 4.08. The van der Waals surface area contributed by atoms with E-state index in [0.717, 1.165) is 22.3 Å². The minimum atomic E-state index is 0.353. The molecule has 0 spiro atoms. The predicted molar refractivity (Wildman–Crippen MR) is 72.5 cm³/mol. The lowest BCUT2D eigenvalue weighted by atomic mass is 10.2. The second-order valence-electron chi connectivity index (χ2n) is 4.08. The Balaban J connectivity index is 1.76. The van der Waals surface area contributed by atoms with E-state index in [2.05, 4.69) is 15.0 Å². The van der Waals surface area contributed by atoms with Crippen LogP contribution in [0.1, 0.15) is 5.69 Å². The summed E-state index contributed by atoms with van der Waals surface area (Å²) in [7, 11) is 0. The fourth-order valence-corrected chi connectivity index (χ4v) is 1.73. The molecule has 2 N–H and O–H groups in total. The molecule has 0 unspecified atom stereocenters. The number of hydrogen-bond acceptors (Lipinski definition) is 5. The summed E-state index contributed by atoms with van der Waals surface area (Å²) in [5, 5.41) is 1.09. The van der Waals surface area contributed by atoms with Gasteiger partial charge in [0.2, 0.25) is 0 Å². The Hall–Kier alpha value is -2.69. The summed E-state index contributed by atoms with van der Waals surface area (Å²) >= 11 is 0. The molecule has 0 aliphatic carbocycles. The summed E-state index contributed by atoms with van der Waals surface area (Å²) < 4.78 is 5.66. The molecular weight excluding hydrogens is 240 g/mol. The molecule has 0 bridgehead atoms. The third kappa shape index (κ3) is 2.60. The van der Waals surface area contributed by atoms with E-state index in [1.54, 1.807) is 12.4 Å². The van der Waals surface area contributed by atoms with Crippen LogP contribution >= 0.6 is 0 Å². The van der Waals surface area contributed by atoms with Crippen molar-refractivity contribution >= 4 is 16.7 Å². The molecule has 0 fully saturated rings. The monoisotopic (exact) mass is 252 g/mol. The van der Waals surface area contributed by atoms with E-state index in [-0.39, 0.29) is 0 Å². The van der Waals surface area contributed by atoms with Gasteiger partial charge < -0.3 is 10.5 Å². The van der Waals surface area contributed by atoms with E-state index < -0.39 is 0 Å². The number of ether oxygens (including phenoxy) is 1. The van der Waals surface area contributed by atoms with Gasteiger partial charge in [-0.3, -0.25) is 9.97 Å². The Morgan fingerprint density at radius 1 is 1.05 bits per heavy atom. The van der Waals surface area contributed by atoms with Gasteiger partial charge in [-0.25, -0.2) is 4.98 Å². The largest absolute Gasteiger partial charge is 0.487 e. The standard InChI is InChI=1S/C14H12N4O/c15-14-8-17-11(7-18-14)9-19-12-4-3-10-2-1-5-16-13(10)6-12/h1-8H,9H2,(H2,15,18). The molecule has 0 amide bonds. The Kier molecular flexibility index (Phi) is 2.94. The van der Waals surface area contributed by atoms with Crippen LogP contribution in [-0.2, 0) is 6.61 Å². The Morgan fingerprint density at radius 3 is 2.84 bits per heavy atom. The first-order valence-corrected chi connectivity index (χ1v) is 5.85. The quantitative estimate of drug-likeness (QED) is 0.773. The Morgan fingerprint density at radius 2 is 2.00 bits per heavy atom. The molecular formula is C14H12N4O. The van der Waals surface area contributed by atoms with E-state index in [9.17, 15) is 0 Å². The van der Waals surface area contributed by atoms with E-state index >= 15 is 0 Å². The van der Waals surface area contributed by atoms with E-state index in [4.69, 9.17) is 10.5 Å². The van der Waals surface area contributed by atoms with Crippen LogP contribution in [0.15, 0.2) is 48.9 Å². The van der Waals surface area contributed by atoms with E-state index in [0.29, 0.717) is 12.4 Å². The van der Waals surface area contributed by atoms with Crippen LogP contribution in [-0.4, -0.2) is 15.0 Å². The lowest BCUT2D eigenvalue weighted by Crippen LogP contribution is -2.00. The van der Waals surface area contributed by atoms with Gasteiger partial charge in [0.1, 0.15) is 18.2 Å². The summed E-state index contributed by atoms with van der Waals surface area (Å²) in [5.74, 6) is 1.16. The summed E-state index contributed by atoms with van der Waals surface area (Å²) in [6, 6.07) is 9.71. The minimum Gasteiger partial charge on any atom is -0.487 e. The number of anilines is 1. The van der Waals surface area contributed by atoms with Crippen LogP contribution in [0.3, 0.4) is 0 Å². The fourth-order valence-electron chi connectivity index (χ4n) is 1.73. The molecule has 3 rings (SSSR count). The average Bonchev–Trinajstić information content (AvgIpc) is 2.46. The number of hydrogen-bond donors (Lipinski definition) is 1.